The van der Waals surface area contributed by atoms with Gasteiger partial charge in [0.05, 0.1) is 0 Å². The molecule has 0 radical (unpaired) electrons. The van der Waals surface area contributed by atoms with Crippen molar-refractivity contribution < 1.29 is 4.79 Å². The molecule has 0 N–H and O–H groups in total. The summed E-state index contributed by atoms with van der Waals surface area (Å²) in [4.78, 5) is 25.2. The summed E-state index contributed by atoms with van der Waals surface area (Å²) in [5, 5.41) is 1.21. The van der Waals surface area contributed by atoms with Crippen LogP contribution >= 0.6 is 0 Å². The Morgan fingerprint density at radius 2 is 1.72 bits per heavy atom. The molecule has 0 aliphatic carbocycles. The summed E-state index contributed by atoms with van der Waals surface area (Å²) in [5.74, 6) is 0.958. The van der Waals surface area contributed by atoms with E-state index >= 15 is 0 Å². The van der Waals surface area contributed by atoms with Gasteiger partial charge in [-0.2, -0.15) is 0 Å². The molecule has 1 aromatic carbocycles. The summed E-state index contributed by atoms with van der Waals surface area (Å²) in [7, 11) is 0. The minimum absolute atomic E-state index is 0.214. The van der Waals surface area contributed by atoms with E-state index in [4.69, 9.17) is 0 Å². The Kier molecular flexibility index (Phi) is 4.33. The van der Waals surface area contributed by atoms with Gasteiger partial charge in [-0.15, -0.1) is 0 Å². The van der Waals surface area contributed by atoms with Crippen LogP contribution < -0.4 is 4.90 Å². The summed E-state index contributed by atoms with van der Waals surface area (Å²) >= 11 is 0. The van der Waals surface area contributed by atoms with E-state index in [0.29, 0.717) is 13.0 Å². The molecule has 4 rings (SSSR count). The highest BCUT2D eigenvalue weighted by molar-refractivity contribution is 5.80. The van der Waals surface area contributed by atoms with Gasteiger partial charge in [-0.1, -0.05) is 18.2 Å². The Bertz CT molecular complexity index is 852. The summed E-state index contributed by atoms with van der Waals surface area (Å²) in [5.41, 5.74) is 1.18. The van der Waals surface area contributed by atoms with Crippen LogP contribution in [-0.2, 0) is 11.3 Å². The van der Waals surface area contributed by atoms with Crippen LogP contribution in [0, 0.1) is 0 Å². The largest absolute Gasteiger partial charge is 0.347 e. The van der Waals surface area contributed by atoms with E-state index in [9.17, 15) is 4.79 Å². The molecule has 0 saturated carbocycles. The van der Waals surface area contributed by atoms with Gasteiger partial charge in [0.1, 0.15) is 0 Å². The lowest BCUT2D eigenvalue weighted by atomic mass is 10.2. The Morgan fingerprint density at radius 3 is 2.52 bits per heavy atom. The third-order valence-corrected chi connectivity index (χ3v) is 4.71. The highest BCUT2D eigenvalue weighted by Crippen LogP contribution is 2.16. The topological polar surface area (TPSA) is 54.3 Å². The molecule has 1 amide bonds. The number of carbonyl (C=O) groups is 1. The van der Waals surface area contributed by atoms with Crippen LogP contribution in [0.5, 0.6) is 0 Å². The van der Waals surface area contributed by atoms with Crippen molar-refractivity contribution in [2.45, 2.75) is 13.0 Å². The van der Waals surface area contributed by atoms with E-state index in [1.54, 1.807) is 12.4 Å². The molecule has 0 unspecified atom stereocenters. The first-order valence-corrected chi connectivity index (χ1v) is 8.65. The molecule has 2 aromatic heterocycles. The molecule has 0 atom stereocenters. The number of rotatable bonds is 4. The zero-order valence-electron chi connectivity index (χ0n) is 14.1. The van der Waals surface area contributed by atoms with Crippen LogP contribution in [0.2, 0.25) is 0 Å². The first-order valence-electron chi connectivity index (χ1n) is 8.65. The van der Waals surface area contributed by atoms with Gasteiger partial charge < -0.3 is 14.4 Å². The number of para-hydroxylation sites is 1. The molecule has 0 bridgehead atoms. The zero-order valence-corrected chi connectivity index (χ0v) is 14.1. The molecular weight excluding hydrogens is 314 g/mol. The van der Waals surface area contributed by atoms with E-state index in [-0.39, 0.29) is 5.91 Å². The van der Waals surface area contributed by atoms with E-state index in [0.717, 1.165) is 32.1 Å². The molecule has 3 heterocycles. The number of fused-ring (bicyclic) bond motifs is 1. The number of benzene rings is 1. The normalized spacial score (nSPS) is 14.9. The lowest BCUT2D eigenvalue weighted by Gasteiger charge is -2.34. The number of aryl methyl sites for hydroxylation is 1. The molecule has 1 aliphatic heterocycles. The van der Waals surface area contributed by atoms with Crippen LogP contribution in [-0.4, -0.2) is 51.5 Å². The maximum absolute atomic E-state index is 12.5. The third kappa shape index (κ3) is 3.33. The van der Waals surface area contributed by atoms with Crippen molar-refractivity contribution in [2.75, 3.05) is 31.1 Å². The van der Waals surface area contributed by atoms with Crippen molar-refractivity contribution in [2.24, 2.45) is 0 Å². The lowest BCUT2D eigenvalue weighted by Crippen LogP contribution is -2.49. The van der Waals surface area contributed by atoms with Gasteiger partial charge in [0.15, 0.2) is 0 Å². The van der Waals surface area contributed by atoms with Gasteiger partial charge in [0.2, 0.25) is 11.9 Å². The van der Waals surface area contributed by atoms with Crippen LogP contribution in [0.4, 0.5) is 5.95 Å². The van der Waals surface area contributed by atoms with Gasteiger partial charge >= 0.3 is 0 Å². The summed E-state index contributed by atoms with van der Waals surface area (Å²) in [6.07, 6.45) is 6.09. The Labute approximate surface area is 146 Å². The summed E-state index contributed by atoms with van der Waals surface area (Å²) in [6, 6.07) is 12.2. The van der Waals surface area contributed by atoms with Crippen LogP contribution in [0.1, 0.15) is 6.42 Å². The van der Waals surface area contributed by atoms with Crippen molar-refractivity contribution in [3.8, 4) is 0 Å². The quantitative estimate of drug-likeness (QED) is 0.733. The molecule has 25 heavy (non-hydrogen) atoms. The molecule has 1 aliphatic rings. The Balaban J connectivity index is 1.32. The van der Waals surface area contributed by atoms with Crippen molar-refractivity contribution in [1.29, 1.82) is 0 Å². The van der Waals surface area contributed by atoms with Crippen LogP contribution in [0.25, 0.3) is 10.9 Å². The maximum Gasteiger partial charge on any atom is 0.225 e. The van der Waals surface area contributed by atoms with E-state index in [1.807, 2.05) is 23.1 Å². The van der Waals surface area contributed by atoms with Crippen LogP contribution in [0.15, 0.2) is 55.0 Å². The number of piperazine rings is 1. The monoisotopic (exact) mass is 335 g/mol. The number of hydrogen-bond acceptors (Lipinski definition) is 4. The predicted octanol–water partition coefficient (Wildman–Crippen LogP) is 2.17. The number of hydrogen-bond donors (Lipinski definition) is 0. The second-order valence-electron chi connectivity index (χ2n) is 6.23. The Hall–Kier alpha value is -2.89. The van der Waals surface area contributed by atoms with Crippen molar-refractivity contribution >= 4 is 22.8 Å². The van der Waals surface area contributed by atoms with Crippen molar-refractivity contribution in [1.82, 2.24) is 19.4 Å². The van der Waals surface area contributed by atoms with Gasteiger partial charge in [0, 0.05) is 63.3 Å². The first-order chi connectivity index (χ1) is 12.3. The molecule has 6 heteroatoms. The number of amides is 1. The fourth-order valence-corrected chi connectivity index (χ4v) is 3.32. The number of anilines is 1. The summed E-state index contributed by atoms with van der Waals surface area (Å²) in [6.45, 7) is 3.73. The van der Waals surface area contributed by atoms with E-state index < -0.39 is 0 Å². The second-order valence-corrected chi connectivity index (χ2v) is 6.23. The average molecular weight is 335 g/mol. The maximum atomic E-state index is 12.5. The molecule has 3 aromatic rings. The SMILES string of the molecule is O=C(CCn1ccc2ccccc21)N1CCN(c2ncccn2)CC1. The van der Waals surface area contributed by atoms with Gasteiger partial charge in [-0.3, -0.25) is 4.79 Å². The van der Waals surface area contributed by atoms with Crippen molar-refractivity contribution in [3.05, 3.63) is 55.0 Å². The Morgan fingerprint density at radius 1 is 0.960 bits per heavy atom. The zero-order chi connectivity index (χ0) is 17.1. The average Bonchev–Trinajstić information content (AvgIpc) is 3.10. The second kappa shape index (κ2) is 6.93. The first kappa shape index (κ1) is 15.6. The number of carbonyl (C=O) groups excluding carboxylic acids is 1. The van der Waals surface area contributed by atoms with Gasteiger partial charge in [0.25, 0.3) is 0 Å². The van der Waals surface area contributed by atoms with E-state index in [2.05, 4.69) is 43.8 Å². The molecule has 6 nitrogen and oxygen atoms in total. The minimum Gasteiger partial charge on any atom is -0.347 e. The van der Waals surface area contributed by atoms with E-state index in [1.165, 1.54) is 10.9 Å². The minimum atomic E-state index is 0.214. The molecular formula is C19H21N5O. The van der Waals surface area contributed by atoms with Gasteiger partial charge in [-0.25, -0.2) is 9.97 Å². The predicted molar refractivity (Wildman–Crippen MR) is 97.4 cm³/mol. The van der Waals surface area contributed by atoms with Gasteiger partial charge in [-0.05, 0) is 23.6 Å². The fourth-order valence-electron chi connectivity index (χ4n) is 3.32. The fraction of sp³-hybridized carbons (Fsp3) is 0.316. The molecule has 128 valence electrons. The standard InChI is InChI=1S/C19H21N5O/c25-18(7-11-22-10-6-16-4-1-2-5-17(16)22)23-12-14-24(15-13-23)19-20-8-3-9-21-19/h1-6,8-10H,7,11-15H2. The highest BCUT2D eigenvalue weighted by atomic mass is 16.2. The van der Waals surface area contributed by atoms with Crippen LogP contribution in [0.3, 0.4) is 0 Å². The third-order valence-electron chi connectivity index (χ3n) is 4.71. The molecule has 0 spiro atoms. The lowest BCUT2D eigenvalue weighted by molar-refractivity contribution is -0.131. The molecule has 1 saturated heterocycles. The molecule has 1 fully saturated rings. The smallest absolute Gasteiger partial charge is 0.225 e. The number of aromatic nitrogens is 3. The summed E-state index contributed by atoms with van der Waals surface area (Å²) < 4.78 is 2.15. The highest BCUT2D eigenvalue weighted by Gasteiger charge is 2.22. The number of nitrogens with zero attached hydrogens (tertiary/aromatic N) is 5. The van der Waals surface area contributed by atoms with Crippen molar-refractivity contribution in [3.63, 3.8) is 0 Å².